The molecular formula is C41H24N2O3. The summed E-state index contributed by atoms with van der Waals surface area (Å²) in [7, 11) is 0. The normalized spacial score (nSPS) is 11.9. The van der Waals surface area contributed by atoms with Crippen LogP contribution in [0.2, 0.25) is 0 Å². The lowest BCUT2D eigenvalue weighted by molar-refractivity contribution is 0.620. The van der Waals surface area contributed by atoms with Gasteiger partial charge in [-0.25, -0.2) is 4.98 Å². The number of furan rings is 2. The molecule has 0 unspecified atom stereocenters. The summed E-state index contributed by atoms with van der Waals surface area (Å²) in [6, 6.07) is 49.9. The quantitative estimate of drug-likeness (QED) is 0.203. The predicted molar refractivity (Wildman–Crippen MR) is 186 cm³/mol. The zero-order valence-corrected chi connectivity index (χ0v) is 24.5. The van der Waals surface area contributed by atoms with Gasteiger partial charge in [-0.2, -0.15) is 0 Å². The Labute approximate surface area is 262 Å². The van der Waals surface area contributed by atoms with E-state index in [1.807, 2.05) is 66.7 Å². The van der Waals surface area contributed by atoms with Crippen molar-refractivity contribution in [2.75, 3.05) is 4.90 Å². The third-order valence-electron chi connectivity index (χ3n) is 8.87. The second-order valence-corrected chi connectivity index (χ2v) is 11.6. The van der Waals surface area contributed by atoms with E-state index in [4.69, 9.17) is 18.2 Å². The van der Waals surface area contributed by atoms with Crippen molar-refractivity contribution in [3.63, 3.8) is 0 Å². The van der Waals surface area contributed by atoms with Gasteiger partial charge in [0.05, 0.1) is 0 Å². The maximum atomic E-state index is 6.38. The zero-order chi connectivity index (χ0) is 30.2. The average Bonchev–Trinajstić information content (AvgIpc) is 3.81. The van der Waals surface area contributed by atoms with E-state index >= 15 is 0 Å². The van der Waals surface area contributed by atoms with Gasteiger partial charge in [0.25, 0.3) is 0 Å². The van der Waals surface area contributed by atoms with Crippen LogP contribution in [0.5, 0.6) is 0 Å². The molecule has 7 aromatic carbocycles. The summed E-state index contributed by atoms with van der Waals surface area (Å²) >= 11 is 0. The lowest BCUT2D eigenvalue weighted by Gasteiger charge is -2.26. The lowest BCUT2D eigenvalue weighted by Crippen LogP contribution is -2.09. The van der Waals surface area contributed by atoms with E-state index in [-0.39, 0.29) is 0 Å². The van der Waals surface area contributed by atoms with Crippen LogP contribution in [0, 0.1) is 0 Å². The summed E-state index contributed by atoms with van der Waals surface area (Å²) in [5.74, 6) is 0.571. The first-order valence-electron chi connectivity index (χ1n) is 15.3. The molecule has 10 rings (SSSR count). The number of oxazole rings is 1. The smallest absolute Gasteiger partial charge is 0.228 e. The number of para-hydroxylation sites is 3. The second kappa shape index (κ2) is 9.58. The second-order valence-electron chi connectivity index (χ2n) is 11.6. The van der Waals surface area contributed by atoms with Gasteiger partial charge in [-0.3, -0.25) is 0 Å². The Morgan fingerprint density at radius 1 is 0.413 bits per heavy atom. The highest BCUT2D eigenvalue weighted by atomic mass is 16.4. The third kappa shape index (κ3) is 3.79. The molecule has 10 aromatic rings. The Morgan fingerprint density at radius 3 is 2.02 bits per heavy atom. The highest BCUT2D eigenvalue weighted by Crippen LogP contribution is 2.43. The average molecular weight is 593 g/mol. The molecule has 3 heterocycles. The van der Waals surface area contributed by atoms with E-state index in [1.54, 1.807) is 0 Å². The van der Waals surface area contributed by atoms with E-state index in [9.17, 15) is 0 Å². The summed E-state index contributed by atoms with van der Waals surface area (Å²) in [6.45, 7) is 0. The molecule has 0 bridgehead atoms. The highest BCUT2D eigenvalue weighted by Gasteiger charge is 2.20. The molecule has 0 amide bonds. The molecule has 216 valence electrons. The largest absolute Gasteiger partial charge is 0.456 e. The minimum Gasteiger partial charge on any atom is -0.456 e. The topological polar surface area (TPSA) is 55.6 Å². The van der Waals surface area contributed by atoms with Crippen molar-refractivity contribution in [3.8, 4) is 11.5 Å². The van der Waals surface area contributed by atoms with E-state index in [0.717, 1.165) is 77.6 Å². The van der Waals surface area contributed by atoms with Crippen LogP contribution < -0.4 is 4.90 Å². The molecule has 0 saturated carbocycles. The summed E-state index contributed by atoms with van der Waals surface area (Å²) in [5.41, 5.74) is 8.81. The lowest BCUT2D eigenvalue weighted by atomic mass is 10.0. The maximum Gasteiger partial charge on any atom is 0.228 e. The van der Waals surface area contributed by atoms with Crippen LogP contribution in [0.3, 0.4) is 0 Å². The van der Waals surface area contributed by atoms with Crippen molar-refractivity contribution in [1.82, 2.24) is 4.98 Å². The van der Waals surface area contributed by atoms with Crippen molar-refractivity contribution in [3.05, 3.63) is 146 Å². The van der Waals surface area contributed by atoms with E-state index in [1.165, 1.54) is 10.8 Å². The third-order valence-corrected chi connectivity index (χ3v) is 8.87. The Bertz CT molecular complexity index is 2750. The van der Waals surface area contributed by atoms with Crippen LogP contribution in [0.25, 0.3) is 77.2 Å². The van der Waals surface area contributed by atoms with Crippen LogP contribution in [0.4, 0.5) is 17.1 Å². The van der Waals surface area contributed by atoms with Crippen molar-refractivity contribution in [2.45, 2.75) is 0 Å². The van der Waals surface area contributed by atoms with Gasteiger partial charge in [0.1, 0.15) is 27.8 Å². The number of hydrogen-bond donors (Lipinski definition) is 0. The molecule has 0 fully saturated rings. The van der Waals surface area contributed by atoms with Crippen LogP contribution in [0.1, 0.15) is 0 Å². The number of hydrogen-bond acceptors (Lipinski definition) is 5. The fraction of sp³-hybridized carbons (Fsp3) is 0. The molecular weight excluding hydrogens is 568 g/mol. The summed E-state index contributed by atoms with van der Waals surface area (Å²) < 4.78 is 18.9. The number of fused-ring (bicyclic) bond motifs is 8. The van der Waals surface area contributed by atoms with Gasteiger partial charge in [0.15, 0.2) is 5.58 Å². The van der Waals surface area contributed by atoms with Crippen LogP contribution >= 0.6 is 0 Å². The van der Waals surface area contributed by atoms with Crippen molar-refractivity contribution >= 4 is 82.8 Å². The first-order valence-corrected chi connectivity index (χ1v) is 15.3. The highest BCUT2D eigenvalue weighted by molar-refractivity contribution is 6.13. The SMILES string of the molecule is c1ccc2cc(N(c3ccc4c(c3)oc3ccccc34)c3ccc4oc5cccc(-c6nc7ccccc7o6)c5c4c3)ccc2c1. The van der Waals surface area contributed by atoms with Crippen LogP contribution in [-0.2, 0) is 0 Å². The van der Waals surface area contributed by atoms with Crippen molar-refractivity contribution < 1.29 is 13.3 Å². The van der Waals surface area contributed by atoms with Gasteiger partial charge in [-0.05, 0) is 83.6 Å². The molecule has 5 heteroatoms. The Kier molecular flexibility index (Phi) is 5.22. The molecule has 5 nitrogen and oxygen atoms in total. The molecule has 46 heavy (non-hydrogen) atoms. The monoisotopic (exact) mass is 592 g/mol. The minimum absolute atomic E-state index is 0.571. The summed E-state index contributed by atoms with van der Waals surface area (Å²) in [4.78, 5) is 7.10. The van der Waals surface area contributed by atoms with Gasteiger partial charge >= 0.3 is 0 Å². The molecule has 0 aliphatic heterocycles. The van der Waals surface area contributed by atoms with E-state index in [2.05, 4.69) is 83.8 Å². The molecule has 0 aliphatic carbocycles. The fourth-order valence-electron chi connectivity index (χ4n) is 6.74. The van der Waals surface area contributed by atoms with Crippen LogP contribution in [0.15, 0.2) is 159 Å². The number of nitrogens with zero attached hydrogens (tertiary/aromatic N) is 2. The molecule has 0 radical (unpaired) electrons. The van der Waals surface area contributed by atoms with Gasteiger partial charge in [0.2, 0.25) is 5.89 Å². The van der Waals surface area contributed by atoms with Crippen LogP contribution in [-0.4, -0.2) is 4.98 Å². The Balaban J connectivity index is 1.21. The number of rotatable bonds is 4. The van der Waals surface area contributed by atoms with Gasteiger partial charge in [-0.15, -0.1) is 0 Å². The molecule has 0 N–H and O–H groups in total. The van der Waals surface area contributed by atoms with Gasteiger partial charge in [-0.1, -0.05) is 66.7 Å². The molecule has 0 aliphatic rings. The van der Waals surface area contributed by atoms with Crippen molar-refractivity contribution in [2.24, 2.45) is 0 Å². The molecule has 0 saturated heterocycles. The van der Waals surface area contributed by atoms with E-state index < -0.39 is 0 Å². The first-order chi connectivity index (χ1) is 22.8. The maximum absolute atomic E-state index is 6.38. The number of benzene rings is 7. The minimum atomic E-state index is 0.571. The molecule has 0 atom stereocenters. The number of aromatic nitrogens is 1. The number of anilines is 3. The van der Waals surface area contributed by atoms with E-state index in [0.29, 0.717) is 5.89 Å². The molecule has 0 spiro atoms. The van der Waals surface area contributed by atoms with Gasteiger partial charge < -0.3 is 18.2 Å². The predicted octanol–water partition coefficient (Wildman–Crippen LogP) is 11.9. The summed E-state index contributed by atoms with van der Waals surface area (Å²) in [5, 5.41) is 6.52. The van der Waals surface area contributed by atoms with Gasteiger partial charge in [0, 0.05) is 50.2 Å². The zero-order valence-electron chi connectivity index (χ0n) is 24.5. The Morgan fingerprint density at radius 2 is 1.09 bits per heavy atom. The Hall–Kier alpha value is -6.33. The summed E-state index contributed by atoms with van der Waals surface area (Å²) in [6.07, 6.45) is 0. The first kappa shape index (κ1) is 25.0. The fourth-order valence-corrected chi connectivity index (χ4v) is 6.74. The van der Waals surface area contributed by atoms with Crippen molar-refractivity contribution in [1.29, 1.82) is 0 Å². The molecule has 3 aromatic heterocycles. The standard InChI is InChI=1S/C41H24N2O3/c1-2-9-26-22-27(17-16-25(26)8-1)43(29-18-20-31-30-10-3-5-13-35(30)45-39(31)24-29)28-19-21-36-33(23-28)40-32(11-7-15-38(40)44-36)41-42-34-12-4-6-14-37(34)46-41/h1-24H.